The number of rotatable bonds is 5. The third kappa shape index (κ3) is 3.91. The van der Waals surface area contributed by atoms with Crippen molar-refractivity contribution in [1.29, 1.82) is 0 Å². The summed E-state index contributed by atoms with van der Waals surface area (Å²) in [6, 6.07) is 3.04. The van der Waals surface area contributed by atoms with Crippen LogP contribution in [-0.4, -0.2) is 27.2 Å². The van der Waals surface area contributed by atoms with E-state index < -0.39 is 10.5 Å². The lowest BCUT2D eigenvalue weighted by atomic mass is 9.78. The van der Waals surface area contributed by atoms with Crippen LogP contribution in [0.5, 0.6) is 0 Å². The average Bonchev–Trinajstić information content (AvgIpc) is 2.46. The summed E-state index contributed by atoms with van der Waals surface area (Å²) in [4.78, 5) is 14.5. The molecule has 1 aliphatic rings. The van der Waals surface area contributed by atoms with Crippen LogP contribution in [0.2, 0.25) is 0 Å². The number of nitrogens with zero attached hydrogens (tertiary/aromatic N) is 2. The fraction of sp³-hybridized carbons (Fsp3) is 0.667. The minimum Gasteiger partial charge on any atom is -0.388 e. The van der Waals surface area contributed by atoms with Gasteiger partial charge in [0.1, 0.15) is 11.5 Å². The topological polar surface area (TPSA) is 88.3 Å². The summed E-state index contributed by atoms with van der Waals surface area (Å²) in [5.74, 6) is 1.30. The van der Waals surface area contributed by atoms with E-state index in [0.717, 1.165) is 31.6 Å². The number of aliphatic hydroxyl groups is 1. The van der Waals surface area contributed by atoms with Crippen LogP contribution in [0.1, 0.15) is 44.7 Å². The lowest BCUT2D eigenvalue weighted by Gasteiger charge is -2.36. The van der Waals surface area contributed by atoms with Crippen LogP contribution >= 0.6 is 0 Å². The van der Waals surface area contributed by atoms with Gasteiger partial charge in [-0.25, -0.2) is 4.98 Å². The van der Waals surface area contributed by atoms with Gasteiger partial charge in [-0.15, -0.1) is 0 Å². The molecular formula is C15H23N3O3. The Labute approximate surface area is 124 Å². The largest absolute Gasteiger partial charge is 0.388 e. The maximum atomic E-state index is 10.8. The summed E-state index contributed by atoms with van der Waals surface area (Å²) >= 11 is 0. The predicted octanol–water partition coefficient (Wildman–Crippen LogP) is 3.04. The van der Waals surface area contributed by atoms with Crippen molar-refractivity contribution < 1.29 is 10.0 Å². The van der Waals surface area contributed by atoms with Crippen molar-refractivity contribution in [3.8, 4) is 0 Å². The van der Waals surface area contributed by atoms with Crippen molar-refractivity contribution in [1.82, 2.24) is 4.98 Å². The number of aryl methyl sites for hydroxylation is 1. The van der Waals surface area contributed by atoms with Crippen molar-refractivity contribution >= 4 is 11.5 Å². The molecule has 1 heterocycles. The van der Waals surface area contributed by atoms with Crippen LogP contribution < -0.4 is 5.32 Å². The number of anilines is 1. The first-order chi connectivity index (χ1) is 9.93. The van der Waals surface area contributed by atoms with Crippen LogP contribution in [0.25, 0.3) is 0 Å². The van der Waals surface area contributed by atoms with Gasteiger partial charge in [-0.3, -0.25) is 10.1 Å². The Balaban J connectivity index is 1.94. The van der Waals surface area contributed by atoms with Gasteiger partial charge in [0.2, 0.25) is 0 Å². The molecule has 6 nitrogen and oxygen atoms in total. The third-order valence-corrected chi connectivity index (χ3v) is 4.47. The molecule has 1 aromatic rings. The number of hydrogen-bond donors (Lipinski definition) is 2. The second kappa shape index (κ2) is 6.39. The maximum absolute atomic E-state index is 10.8. The average molecular weight is 293 g/mol. The van der Waals surface area contributed by atoms with Gasteiger partial charge >= 0.3 is 0 Å². The van der Waals surface area contributed by atoms with E-state index in [2.05, 4.69) is 17.2 Å². The summed E-state index contributed by atoms with van der Waals surface area (Å²) < 4.78 is 0. The van der Waals surface area contributed by atoms with Gasteiger partial charge < -0.3 is 10.4 Å². The van der Waals surface area contributed by atoms with Crippen molar-refractivity contribution in [3.05, 3.63) is 27.9 Å². The van der Waals surface area contributed by atoms with Gasteiger partial charge in [0.15, 0.2) is 0 Å². The van der Waals surface area contributed by atoms with Gasteiger partial charge in [-0.2, -0.15) is 0 Å². The minimum absolute atomic E-state index is 0.0164. The van der Waals surface area contributed by atoms with E-state index in [1.807, 2.05) is 0 Å². The Morgan fingerprint density at radius 3 is 2.67 bits per heavy atom. The summed E-state index contributed by atoms with van der Waals surface area (Å²) in [6.45, 7) is 4.25. The summed E-state index contributed by atoms with van der Waals surface area (Å²) in [5.41, 5.74) is -0.294. The highest BCUT2D eigenvalue weighted by atomic mass is 16.6. The Morgan fingerprint density at radius 2 is 2.14 bits per heavy atom. The monoisotopic (exact) mass is 293 g/mol. The van der Waals surface area contributed by atoms with Crippen molar-refractivity contribution in [3.63, 3.8) is 0 Å². The molecule has 2 rings (SSSR count). The quantitative estimate of drug-likeness (QED) is 0.643. The molecule has 6 heteroatoms. The van der Waals surface area contributed by atoms with Gasteiger partial charge in [0, 0.05) is 12.6 Å². The van der Waals surface area contributed by atoms with Crippen molar-refractivity contribution in [2.24, 2.45) is 5.92 Å². The number of hydrogen-bond acceptors (Lipinski definition) is 5. The number of pyridine rings is 1. The lowest BCUT2D eigenvalue weighted by molar-refractivity contribution is -0.385. The zero-order valence-corrected chi connectivity index (χ0v) is 12.6. The van der Waals surface area contributed by atoms with E-state index >= 15 is 0 Å². The molecule has 0 saturated heterocycles. The Bertz CT molecular complexity index is 511. The lowest BCUT2D eigenvalue weighted by Crippen LogP contribution is -2.40. The van der Waals surface area contributed by atoms with Gasteiger partial charge in [-0.05, 0) is 44.6 Å². The number of aromatic nitrogens is 1. The first-order valence-corrected chi connectivity index (χ1v) is 7.52. The summed E-state index contributed by atoms with van der Waals surface area (Å²) in [5, 5.41) is 24.4. The molecule has 0 aromatic carbocycles. The standard InChI is InChI=1S/C15H23N3O3/c1-3-12-6-8-15(19,9-7-12)10-16-14-5-4-13(18(20)21)11(2)17-14/h4-5,12,19H,3,6-10H2,1-2H3,(H,16,17). The number of nitro groups is 1. The molecule has 0 amide bonds. The minimum atomic E-state index is -0.691. The second-order valence-corrected chi connectivity index (χ2v) is 5.99. The molecule has 0 atom stereocenters. The molecule has 21 heavy (non-hydrogen) atoms. The first kappa shape index (κ1) is 15.7. The maximum Gasteiger partial charge on any atom is 0.290 e. The first-order valence-electron chi connectivity index (χ1n) is 7.52. The van der Waals surface area contributed by atoms with Crippen LogP contribution in [0.3, 0.4) is 0 Å². The Kier molecular flexibility index (Phi) is 4.77. The van der Waals surface area contributed by atoms with E-state index in [9.17, 15) is 15.2 Å². The molecule has 1 aromatic heterocycles. The van der Waals surface area contributed by atoms with Gasteiger partial charge in [0.25, 0.3) is 5.69 Å². The van der Waals surface area contributed by atoms with Crippen LogP contribution in [0.4, 0.5) is 11.5 Å². The van der Waals surface area contributed by atoms with E-state index in [-0.39, 0.29) is 5.69 Å². The fourth-order valence-electron chi connectivity index (χ4n) is 2.90. The molecule has 0 spiro atoms. The highest BCUT2D eigenvalue weighted by Gasteiger charge is 2.32. The molecule has 0 radical (unpaired) electrons. The molecule has 1 fully saturated rings. The smallest absolute Gasteiger partial charge is 0.290 e. The van der Waals surface area contributed by atoms with E-state index in [0.29, 0.717) is 18.1 Å². The highest BCUT2D eigenvalue weighted by Crippen LogP contribution is 2.33. The Hall–Kier alpha value is -1.69. The second-order valence-electron chi connectivity index (χ2n) is 5.99. The third-order valence-electron chi connectivity index (χ3n) is 4.47. The normalized spacial score (nSPS) is 25.6. The van der Waals surface area contributed by atoms with E-state index in [1.165, 1.54) is 12.5 Å². The van der Waals surface area contributed by atoms with Gasteiger partial charge in [-0.1, -0.05) is 13.3 Å². The molecule has 116 valence electrons. The molecular weight excluding hydrogens is 270 g/mol. The van der Waals surface area contributed by atoms with Crippen LogP contribution in [0, 0.1) is 23.0 Å². The molecule has 1 saturated carbocycles. The molecule has 1 aliphatic carbocycles. The van der Waals surface area contributed by atoms with Crippen molar-refractivity contribution in [2.45, 2.75) is 51.6 Å². The van der Waals surface area contributed by atoms with Crippen LogP contribution in [0.15, 0.2) is 12.1 Å². The fourth-order valence-corrected chi connectivity index (χ4v) is 2.90. The predicted molar refractivity (Wildman–Crippen MR) is 81.3 cm³/mol. The van der Waals surface area contributed by atoms with Crippen molar-refractivity contribution in [2.75, 3.05) is 11.9 Å². The highest BCUT2D eigenvalue weighted by molar-refractivity contribution is 5.45. The van der Waals surface area contributed by atoms with Crippen LogP contribution in [-0.2, 0) is 0 Å². The molecule has 0 aliphatic heterocycles. The van der Waals surface area contributed by atoms with E-state index in [4.69, 9.17) is 0 Å². The zero-order valence-electron chi connectivity index (χ0n) is 12.6. The van der Waals surface area contributed by atoms with E-state index in [1.54, 1.807) is 13.0 Å². The molecule has 2 N–H and O–H groups in total. The summed E-state index contributed by atoms with van der Waals surface area (Å²) in [7, 11) is 0. The number of nitrogens with one attached hydrogen (secondary N) is 1. The zero-order chi connectivity index (χ0) is 15.5. The summed E-state index contributed by atoms with van der Waals surface area (Å²) in [6.07, 6.45) is 4.88. The SMILES string of the molecule is CCC1CCC(O)(CNc2ccc([N+](=O)[O-])c(C)n2)CC1. The molecule has 0 bridgehead atoms. The van der Waals surface area contributed by atoms with Gasteiger partial charge in [0.05, 0.1) is 10.5 Å². The molecule has 0 unspecified atom stereocenters. The Morgan fingerprint density at radius 1 is 1.48 bits per heavy atom.